The van der Waals surface area contributed by atoms with Crippen LogP contribution in [0.5, 0.6) is 0 Å². The van der Waals surface area contributed by atoms with E-state index in [1.165, 1.54) is 0 Å². The molecule has 1 aliphatic carbocycles. The van der Waals surface area contributed by atoms with Gasteiger partial charge in [0.1, 0.15) is 36.6 Å². The molecule has 1 aliphatic rings. The molecule has 0 aromatic carbocycles. The molecule has 18 nitrogen and oxygen atoms in total. The van der Waals surface area contributed by atoms with Crippen molar-refractivity contribution in [2.75, 3.05) is 0 Å². The SMILES string of the molecule is O=P([O-])(O)O[C@@H]1C(O)[C@H](OP(=O)([O-])O)[C@@H](OP(=O)([O-])O)C(O)[C@@H]1OP(=O)([O-])O.[Na+].[Na+].[Na+].[Na+]. The summed E-state index contributed by atoms with van der Waals surface area (Å²) in [4.78, 5) is 78.4. The summed E-state index contributed by atoms with van der Waals surface area (Å²) in [6.07, 6.45) is -16.7. The zero-order valence-electron chi connectivity index (χ0n) is 16.8. The summed E-state index contributed by atoms with van der Waals surface area (Å²) in [7, 11) is -23.5. The molecule has 168 valence electrons. The fraction of sp³-hybridized carbons (Fsp3) is 1.00. The van der Waals surface area contributed by atoms with Gasteiger partial charge in [-0.15, -0.1) is 0 Å². The van der Waals surface area contributed by atoms with Crippen LogP contribution in [0.15, 0.2) is 0 Å². The molecule has 0 heterocycles. The maximum absolute atomic E-state index is 10.9. The minimum atomic E-state index is -5.89. The minimum absolute atomic E-state index is 0. The Bertz CT molecular complexity index is 622. The van der Waals surface area contributed by atoms with E-state index in [-0.39, 0.29) is 118 Å². The molecule has 26 heteroatoms. The molecule has 0 amide bonds. The van der Waals surface area contributed by atoms with E-state index in [9.17, 15) is 48.0 Å². The first kappa shape index (κ1) is 43.4. The minimum Gasteiger partial charge on any atom is -0.756 e. The van der Waals surface area contributed by atoms with Gasteiger partial charge in [0.2, 0.25) is 0 Å². The van der Waals surface area contributed by atoms with Gasteiger partial charge in [0.15, 0.2) is 0 Å². The van der Waals surface area contributed by atoms with Crippen LogP contribution in [0.3, 0.4) is 0 Å². The van der Waals surface area contributed by atoms with Crippen molar-refractivity contribution in [2.45, 2.75) is 36.6 Å². The van der Waals surface area contributed by atoms with Gasteiger partial charge in [-0.2, -0.15) is 0 Å². The average molecular weight is 588 g/mol. The molecule has 6 unspecified atom stereocenters. The molecular weight excluding hydrogens is 576 g/mol. The van der Waals surface area contributed by atoms with Gasteiger partial charge >= 0.3 is 118 Å². The van der Waals surface area contributed by atoms with E-state index >= 15 is 0 Å². The Balaban J connectivity index is -0.000000980. The second kappa shape index (κ2) is 16.5. The maximum atomic E-state index is 10.9. The molecule has 0 saturated heterocycles. The van der Waals surface area contributed by atoms with Crippen molar-refractivity contribution in [1.29, 1.82) is 0 Å². The van der Waals surface area contributed by atoms with Crippen LogP contribution in [-0.4, -0.2) is 66.4 Å². The number of phosphoric ester groups is 4. The quantitative estimate of drug-likeness (QED) is 0.113. The van der Waals surface area contributed by atoms with Crippen molar-refractivity contribution in [2.24, 2.45) is 0 Å². The molecule has 0 aliphatic heterocycles. The Morgan fingerprint density at radius 1 is 0.469 bits per heavy atom. The number of hydrogen-bond acceptors (Lipinski definition) is 14. The van der Waals surface area contributed by atoms with Crippen LogP contribution in [0.1, 0.15) is 0 Å². The molecule has 0 bridgehead atoms. The van der Waals surface area contributed by atoms with Crippen LogP contribution < -0.4 is 138 Å². The summed E-state index contributed by atoms with van der Waals surface area (Å²) >= 11 is 0. The summed E-state index contributed by atoms with van der Waals surface area (Å²) in [6, 6.07) is 0. The van der Waals surface area contributed by atoms with Crippen LogP contribution in [0.25, 0.3) is 0 Å². The summed E-state index contributed by atoms with van der Waals surface area (Å²) < 4.78 is 59.1. The first-order chi connectivity index (χ1) is 12.2. The summed E-state index contributed by atoms with van der Waals surface area (Å²) in [6.45, 7) is 0. The Hall–Kier alpha value is 4.36. The third-order valence-electron chi connectivity index (χ3n) is 3.01. The third kappa shape index (κ3) is 16.4. The van der Waals surface area contributed by atoms with Crippen molar-refractivity contribution >= 4 is 31.3 Å². The molecule has 10 atom stereocenters. The van der Waals surface area contributed by atoms with Crippen molar-refractivity contribution in [1.82, 2.24) is 0 Å². The normalized spacial score (nSPS) is 34.9. The van der Waals surface area contributed by atoms with Gasteiger partial charge in [0.25, 0.3) is 31.3 Å². The topological polar surface area (TPSA) is 319 Å². The second-order valence-electron chi connectivity index (χ2n) is 5.14. The number of hydrogen-bond donors (Lipinski definition) is 6. The molecule has 1 fully saturated rings. The summed E-state index contributed by atoms with van der Waals surface area (Å²) in [5, 5.41) is 20.0. The van der Waals surface area contributed by atoms with E-state index in [0.717, 1.165) is 0 Å². The molecule has 0 radical (unpaired) electrons. The zero-order valence-corrected chi connectivity index (χ0v) is 28.4. The van der Waals surface area contributed by atoms with Crippen LogP contribution in [0.2, 0.25) is 0 Å². The summed E-state index contributed by atoms with van der Waals surface area (Å²) in [5.41, 5.74) is 0. The van der Waals surface area contributed by atoms with Gasteiger partial charge < -0.3 is 67.5 Å². The van der Waals surface area contributed by atoms with E-state index in [1.54, 1.807) is 0 Å². The summed E-state index contributed by atoms with van der Waals surface area (Å²) in [5.74, 6) is 0. The molecule has 6 N–H and O–H groups in total. The standard InChI is InChI=1S/C6H16O18P4.4Na/c7-1-3(21-25(9,10)11)5(23-27(15,16)17)2(8)6(24-28(18,19)20)4(1)22-26(12,13)14;;;;/h1-8H,(H2,9,10,11)(H2,12,13,14)(H2,15,16,17)(H2,18,19,20);;;;/q;4*+1/p-4/t1?,2?,3-,4-,5-,6+;;;;/m0..../s1. The number of rotatable bonds is 8. The monoisotopic (exact) mass is 588 g/mol. The first-order valence-electron chi connectivity index (χ1n) is 6.45. The van der Waals surface area contributed by atoms with Crippen LogP contribution in [-0.2, 0) is 36.4 Å². The van der Waals surface area contributed by atoms with E-state index in [4.69, 9.17) is 19.6 Å². The fourth-order valence-corrected chi connectivity index (χ4v) is 4.47. The van der Waals surface area contributed by atoms with Crippen LogP contribution in [0, 0.1) is 0 Å². The van der Waals surface area contributed by atoms with Gasteiger partial charge in [-0.1, -0.05) is 0 Å². The van der Waals surface area contributed by atoms with Crippen molar-refractivity contribution < 1.29 is 204 Å². The van der Waals surface area contributed by atoms with Crippen molar-refractivity contribution in [3.63, 3.8) is 0 Å². The zero-order chi connectivity index (χ0) is 22.3. The molecule has 1 saturated carbocycles. The van der Waals surface area contributed by atoms with E-state index in [0.29, 0.717) is 0 Å². The Kier molecular flexibility index (Phi) is 22.3. The largest absolute Gasteiger partial charge is 1.00 e. The molecular formula is C6H12Na4O18P4. The molecule has 32 heavy (non-hydrogen) atoms. The molecule has 1 rings (SSSR count). The first-order valence-corrected chi connectivity index (χ1v) is 12.4. The predicted molar refractivity (Wildman–Crippen MR) is 70.8 cm³/mol. The molecule has 0 aromatic rings. The Morgan fingerprint density at radius 2 is 0.594 bits per heavy atom. The number of aliphatic hydroxyl groups excluding tert-OH is 2. The molecule has 0 aromatic heterocycles. The fourth-order valence-electron chi connectivity index (χ4n) is 2.26. The second-order valence-corrected chi connectivity index (χ2v) is 9.73. The van der Waals surface area contributed by atoms with Crippen molar-refractivity contribution in [3.8, 4) is 0 Å². The Morgan fingerprint density at radius 3 is 0.688 bits per heavy atom. The number of phosphoric acid groups is 4. The van der Waals surface area contributed by atoms with E-state index < -0.39 is 67.9 Å². The third-order valence-corrected chi connectivity index (χ3v) is 5.05. The Labute approximate surface area is 268 Å². The van der Waals surface area contributed by atoms with Gasteiger partial charge in [-0.05, 0) is 0 Å². The molecule has 0 spiro atoms. The average Bonchev–Trinajstić information content (AvgIpc) is 2.39. The van der Waals surface area contributed by atoms with Gasteiger partial charge in [-0.3, -0.25) is 18.3 Å². The van der Waals surface area contributed by atoms with E-state index in [1.807, 2.05) is 0 Å². The van der Waals surface area contributed by atoms with Crippen molar-refractivity contribution in [3.05, 3.63) is 0 Å². The van der Waals surface area contributed by atoms with Gasteiger partial charge in [-0.25, -0.2) is 0 Å². The van der Waals surface area contributed by atoms with Gasteiger partial charge in [0.05, 0.1) is 0 Å². The number of aliphatic hydroxyl groups is 2. The van der Waals surface area contributed by atoms with E-state index in [2.05, 4.69) is 18.1 Å². The smallest absolute Gasteiger partial charge is 0.756 e. The maximum Gasteiger partial charge on any atom is 1.00 e. The predicted octanol–water partition coefficient (Wildman–Crippen LogP) is -17.9. The van der Waals surface area contributed by atoms with Crippen LogP contribution in [0.4, 0.5) is 0 Å². The van der Waals surface area contributed by atoms with Gasteiger partial charge in [0, 0.05) is 0 Å². The van der Waals surface area contributed by atoms with Crippen LogP contribution >= 0.6 is 31.3 Å².